The molecule has 0 radical (unpaired) electrons. The Hall–Kier alpha value is -2.47. The molecule has 0 unspecified atom stereocenters. The second-order valence-corrected chi connectivity index (χ2v) is 7.21. The first kappa shape index (κ1) is 18.3. The minimum Gasteiger partial charge on any atom is -0.457 e. The van der Waals surface area contributed by atoms with Gasteiger partial charge in [-0.05, 0) is 54.3 Å². The number of hydrogen-bond acceptors (Lipinski definition) is 5. The standard InChI is InChI=1S/C20H21NO4S/c22-17(16-8-7-14-4-1-2-5-15(14)12-16)13-25-19(23)9-10-21-20(24)18-6-3-11-26-18/h3,6-8,11-12H,1-2,4-5,9-10,13H2,(H,21,24). The lowest BCUT2D eigenvalue weighted by Gasteiger charge is -2.16. The average molecular weight is 371 g/mol. The maximum atomic E-state index is 12.2. The van der Waals surface area contributed by atoms with E-state index in [9.17, 15) is 14.4 Å². The third kappa shape index (κ3) is 4.79. The minimum atomic E-state index is -0.497. The average Bonchev–Trinajstić information content (AvgIpc) is 3.20. The number of aryl methyl sites for hydroxylation is 2. The lowest BCUT2D eigenvalue weighted by Crippen LogP contribution is -2.26. The van der Waals surface area contributed by atoms with Gasteiger partial charge in [-0.25, -0.2) is 0 Å². The van der Waals surface area contributed by atoms with Crippen molar-refractivity contribution < 1.29 is 19.1 Å². The van der Waals surface area contributed by atoms with Crippen LogP contribution in [0, 0.1) is 0 Å². The first-order chi connectivity index (χ1) is 12.6. The molecule has 1 N–H and O–H groups in total. The van der Waals surface area contributed by atoms with Gasteiger partial charge in [0.15, 0.2) is 12.4 Å². The van der Waals surface area contributed by atoms with Crippen molar-refractivity contribution in [1.82, 2.24) is 5.32 Å². The zero-order valence-electron chi connectivity index (χ0n) is 14.5. The topological polar surface area (TPSA) is 72.5 Å². The molecule has 0 fully saturated rings. The van der Waals surface area contributed by atoms with Gasteiger partial charge in [0, 0.05) is 12.1 Å². The molecule has 6 heteroatoms. The summed E-state index contributed by atoms with van der Waals surface area (Å²) in [4.78, 5) is 36.3. The van der Waals surface area contributed by atoms with E-state index in [4.69, 9.17) is 4.74 Å². The predicted molar refractivity (Wildman–Crippen MR) is 99.6 cm³/mol. The van der Waals surface area contributed by atoms with Crippen LogP contribution in [0.15, 0.2) is 35.7 Å². The number of amides is 1. The van der Waals surface area contributed by atoms with Crippen molar-refractivity contribution >= 4 is 29.0 Å². The molecule has 0 spiro atoms. The lowest BCUT2D eigenvalue weighted by molar-refractivity contribution is -0.142. The summed E-state index contributed by atoms with van der Waals surface area (Å²) in [5, 5.41) is 4.47. The SMILES string of the molecule is O=C(CCNC(=O)c1cccs1)OCC(=O)c1ccc2c(c1)CCCC2. The number of fused-ring (bicyclic) bond motifs is 1. The van der Waals surface area contributed by atoms with Gasteiger partial charge in [-0.15, -0.1) is 11.3 Å². The Morgan fingerprint density at radius 3 is 2.65 bits per heavy atom. The highest BCUT2D eigenvalue weighted by molar-refractivity contribution is 7.12. The first-order valence-corrected chi connectivity index (χ1v) is 9.64. The molecule has 2 aromatic rings. The quantitative estimate of drug-likeness (QED) is 0.599. The van der Waals surface area contributed by atoms with E-state index in [1.54, 1.807) is 12.1 Å². The van der Waals surface area contributed by atoms with Crippen LogP contribution in [0.1, 0.15) is 50.4 Å². The molecule has 1 aromatic heterocycles. The number of thiophene rings is 1. The third-order valence-electron chi connectivity index (χ3n) is 4.39. The fraction of sp³-hybridized carbons (Fsp3) is 0.350. The molecular weight excluding hydrogens is 350 g/mol. The number of carbonyl (C=O) groups excluding carboxylic acids is 3. The van der Waals surface area contributed by atoms with E-state index in [0.29, 0.717) is 10.4 Å². The Kier molecular flexibility index (Phi) is 6.17. The first-order valence-electron chi connectivity index (χ1n) is 8.76. The zero-order chi connectivity index (χ0) is 18.4. The number of benzene rings is 1. The fourth-order valence-corrected chi connectivity index (χ4v) is 3.62. The molecule has 3 rings (SSSR count). The Labute approximate surface area is 156 Å². The lowest BCUT2D eigenvalue weighted by atomic mass is 9.90. The van der Waals surface area contributed by atoms with Crippen LogP contribution in [0.5, 0.6) is 0 Å². The molecule has 136 valence electrons. The number of nitrogens with one attached hydrogen (secondary N) is 1. The van der Waals surface area contributed by atoms with Crippen LogP contribution in [0.2, 0.25) is 0 Å². The summed E-state index contributed by atoms with van der Waals surface area (Å²) in [5.74, 6) is -0.907. The molecule has 5 nitrogen and oxygen atoms in total. The summed E-state index contributed by atoms with van der Waals surface area (Å²) >= 11 is 1.34. The van der Waals surface area contributed by atoms with Gasteiger partial charge in [0.05, 0.1) is 11.3 Å². The monoisotopic (exact) mass is 371 g/mol. The number of carbonyl (C=O) groups is 3. The summed E-state index contributed by atoms with van der Waals surface area (Å²) in [6.45, 7) is -0.0842. The van der Waals surface area contributed by atoms with Crippen molar-refractivity contribution in [2.45, 2.75) is 32.1 Å². The highest BCUT2D eigenvalue weighted by Gasteiger charge is 2.15. The zero-order valence-corrected chi connectivity index (χ0v) is 15.3. The molecule has 1 aliphatic rings. The van der Waals surface area contributed by atoms with Crippen LogP contribution < -0.4 is 5.32 Å². The van der Waals surface area contributed by atoms with Crippen molar-refractivity contribution in [2.75, 3.05) is 13.2 Å². The van der Waals surface area contributed by atoms with Gasteiger partial charge in [-0.3, -0.25) is 14.4 Å². The normalized spacial score (nSPS) is 12.9. The van der Waals surface area contributed by atoms with E-state index in [-0.39, 0.29) is 31.3 Å². The van der Waals surface area contributed by atoms with Gasteiger partial charge in [-0.1, -0.05) is 18.2 Å². The van der Waals surface area contributed by atoms with Crippen LogP contribution in [0.4, 0.5) is 0 Å². The van der Waals surface area contributed by atoms with Crippen molar-refractivity contribution in [1.29, 1.82) is 0 Å². The fourth-order valence-electron chi connectivity index (χ4n) is 2.98. The van der Waals surface area contributed by atoms with Gasteiger partial charge in [-0.2, -0.15) is 0 Å². The van der Waals surface area contributed by atoms with Gasteiger partial charge in [0.2, 0.25) is 0 Å². The number of Topliss-reactive ketones (excluding diaryl/α,β-unsaturated/α-hetero) is 1. The summed E-state index contributed by atoms with van der Waals surface area (Å²) in [6.07, 6.45) is 4.45. The Balaban J connectivity index is 1.41. The molecule has 1 heterocycles. The molecule has 1 amide bonds. The molecular formula is C20H21NO4S. The van der Waals surface area contributed by atoms with E-state index in [2.05, 4.69) is 5.32 Å². The van der Waals surface area contributed by atoms with Gasteiger partial charge in [0.1, 0.15) is 0 Å². The maximum absolute atomic E-state index is 12.2. The number of esters is 1. The Bertz CT molecular complexity index is 798. The van der Waals surface area contributed by atoms with Crippen LogP contribution in [0.25, 0.3) is 0 Å². The summed E-state index contributed by atoms with van der Waals surface area (Å²) in [7, 11) is 0. The molecule has 26 heavy (non-hydrogen) atoms. The summed E-state index contributed by atoms with van der Waals surface area (Å²) in [6, 6.07) is 9.24. The second-order valence-electron chi connectivity index (χ2n) is 6.26. The summed E-state index contributed by atoms with van der Waals surface area (Å²) < 4.78 is 5.04. The van der Waals surface area contributed by atoms with Crippen molar-refractivity contribution in [3.63, 3.8) is 0 Å². The van der Waals surface area contributed by atoms with Crippen molar-refractivity contribution in [3.05, 3.63) is 57.3 Å². The molecule has 0 atom stereocenters. The molecule has 0 saturated carbocycles. The van der Waals surface area contributed by atoms with Gasteiger partial charge >= 0.3 is 5.97 Å². The van der Waals surface area contributed by atoms with E-state index >= 15 is 0 Å². The van der Waals surface area contributed by atoms with Crippen LogP contribution in [0.3, 0.4) is 0 Å². The van der Waals surface area contributed by atoms with Crippen molar-refractivity contribution in [2.24, 2.45) is 0 Å². The number of hydrogen-bond donors (Lipinski definition) is 1. The maximum Gasteiger partial charge on any atom is 0.308 e. The molecule has 0 bridgehead atoms. The van der Waals surface area contributed by atoms with E-state index in [1.165, 1.54) is 28.9 Å². The van der Waals surface area contributed by atoms with E-state index < -0.39 is 5.97 Å². The smallest absolute Gasteiger partial charge is 0.308 e. The van der Waals surface area contributed by atoms with Crippen LogP contribution in [-0.2, 0) is 22.4 Å². The van der Waals surface area contributed by atoms with E-state index in [0.717, 1.165) is 19.3 Å². The van der Waals surface area contributed by atoms with Crippen LogP contribution in [-0.4, -0.2) is 30.8 Å². The Morgan fingerprint density at radius 2 is 1.88 bits per heavy atom. The molecule has 1 aliphatic carbocycles. The predicted octanol–water partition coefficient (Wildman–Crippen LogP) is 3.17. The Morgan fingerprint density at radius 1 is 1.08 bits per heavy atom. The second kappa shape index (κ2) is 8.76. The number of ketones is 1. The van der Waals surface area contributed by atoms with Gasteiger partial charge < -0.3 is 10.1 Å². The highest BCUT2D eigenvalue weighted by atomic mass is 32.1. The van der Waals surface area contributed by atoms with Gasteiger partial charge in [0.25, 0.3) is 5.91 Å². The number of ether oxygens (including phenoxy) is 1. The van der Waals surface area contributed by atoms with Crippen LogP contribution >= 0.6 is 11.3 Å². The van der Waals surface area contributed by atoms with E-state index in [1.807, 2.05) is 23.6 Å². The highest BCUT2D eigenvalue weighted by Crippen LogP contribution is 2.22. The molecule has 1 aromatic carbocycles. The minimum absolute atomic E-state index is 0.0363. The molecule has 0 saturated heterocycles. The van der Waals surface area contributed by atoms with Crippen molar-refractivity contribution in [3.8, 4) is 0 Å². The molecule has 0 aliphatic heterocycles. The number of rotatable bonds is 7. The summed E-state index contributed by atoms with van der Waals surface area (Å²) in [5.41, 5.74) is 3.13. The largest absolute Gasteiger partial charge is 0.457 e. The third-order valence-corrected chi connectivity index (χ3v) is 5.26.